The lowest BCUT2D eigenvalue weighted by atomic mass is 9.93. The van der Waals surface area contributed by atoms with Gasteiger partial charge in [-0.25, -0.2) is 0 Å². The van der Waals surface area contributed by atoms with E-state index in [1.807, 2.05) is 0 Å². The molecule has 2 rings (SSSR count). The molecule has 1 saturated heterocycles. The summed E-state index contributed by atoms with van der Waals surface area (Å²) in [6, 6.07) is 10.7. The van der Waals surface area contributed by atoms with Crippen LogP contribution in [0.1, 0.15) is 18.9 Å². The quantitative estimate of drug-likeness (QED) is 0.689. The van der Waals surface area contributed by atoms with Gasteiger partial charge in [-0.3, -0.25) is 4.90 Å². The van der Waals surface area contributed by atoms with Crippen molar-refractivity contribution in [1.82, 2.24) is 4.90 Å². The van der Waals surface area contributed by atoms with Crippen molar-refractivity contribution in [1.29, 1.82) is 0 Å². The minimum atomic E-state index is 0.273. The van der Waals surface area contributed by atoms with Crippen LogP contribution < -0.4 is 0 Å². The topological polar surface area (TPSA) is 3.24 Å². The fourth-order valence-corrected chi connectivity index (χ4v) is 2.10. The molecule has 1 heterocycles. The molecule has 1 heteroatoms. The van der Waals surface area contributed by atoms with Gasteiger partial charge in [0.25, 0.3) is 0 Å². The molecule has 0 aromatic heterocycles. The van der Waals surface area contributed by atoms with Crippen molar-refractivity contribution >= 4 is 0 Å². The van der Waals surface area contributed by atoms with E-state index >= 15 is 0 Å². The number of hydrogen-bond acceptors (Lipinski definition) is 1. The van der Waals surface area contributed by atoms with E-state index in [0.29, 0.717) is 0 Å². The average Bonchev–Trinajstić information content (AvgIpc) is 2.47. The summed E-state index contributed by atoms with van der Waals surface area (Å²) in [4.78, 5) is 2.49. The largest absolute Gasteiger partial charge is 0.299 e. The third kappa shape index (κ3) is 2.36. The van der Waals surface area contributed by atoms with E-state index in [4.69, 9.17) is 0 Å². The smallest absolute Gasteiger partial charge is 0.0233 e. The lowest BCUT2D eigenvalue weighted by molar-refractivity contribution is 0.299. The summed E-state index contributed by atoms with van der Waals surface area (Å²) >= 11 is 0. The Kier molecular flexibility index (Phi) is 2.60. The zero-order valence-corrected chi connectivity index (χ0v) is 8.87. The Morgan fingerprint density at radius 2 is 2.07 bits per heavy atom. The van der Waals surface area contributed by atoms with Crippen molar-refractivity contribution < 1.29 is 0 Å². The van der Waals surface area contributed by atoms with E-state index in [0.717, 1.165) is 13.1 Å². The van der Waals surface area contributed by atoms with Gasteiger partial charge in [0.15, 0.2) is 0 Å². The van der Waals surface area contributed by atoms with Gasteiger partial charge in [-0.15, -0.1) is 0 Å². The molecule has 1 aliphatic heterocycles. The molecule has 1 aromatic rings. The highest BCUT2D eigenvalue weighted by Gasteiger charge is 2.28. The number of likely N-dealkylation sites (tertiary alicyclic amines) is 1. The van der Waals surface area contributed by atoms with Gasteiger partial charge in [-0.1, -0.05) is 37.3 Å². The van der Waals surface area contributed by atoms with Crippen LogP contribution in [0.2, 0.25) is 0 Å². The minimum Gasteiger partial charge on any atom is -0.299 e. The first-order valence-corrected chi connectivity index (χ1v) is 5.27. The summed E-state index contributed by atoms with van der Waals surface area (Å²) in [5.74, 6) is 0. The SMILES string of the molecule is [CH2]C1(C)CCN(Cc2ccccc2)C1. The molecule has 14 heavy (non-hydrogen) atoms. The Balaban J connectivity index is 1.94. The van der Waals surface area contributed by atoms with Gasteiger partial charge in [0.05, 0.1) is 0 Å². The lowest BCUT2D eigenvalue weighted by Crippen LogP contribution is -2.22. The lowest BCUT2D eigenvalue weighted by Gasteiger charge is -2.19. The van der Waals surface area contributed by atoms with Crippen LogP contribution in [0.4, 0.5) is 0 Å². The first-order chi connectivity index (χ1) is 6.66. The van der Waals surface area contributed by atoms with E-state index < -0.39 is 0 Å². The molecule has 0 aliphatic carbocycles. The molecule has 1 radical (unpaired) electrons. The molecular weight excluding hydrogens is 170 g/mol. The second-order valence-corrected chi connectivity index (χ2v) is 4.76. The molecular formula is C13H18N. The molecule has 1 unspecified atom stereocenters. The van der Waals surface area contributed by atoms with Gasteiger partial charge in [-0.2, -0.15) is 0 Å². The summed E-state index contributed by atoms with van der Waals surface area (Å²) < 4.78 is 0. The Morgan fingerprint density at radius 3 is 2.64 bits per heavy atom. The highest BCUT2D eigenvalue weighted by molar-refractivity contribution is 5.14. The molecule has 1 aromatic carbocycles. The fourth-order valence-electron chi connectivity index (χ4n) is 2.10. The van der Waals surface area contributed by atoms with Crippen molar-refractivity contribution in [2.24, 2.45) is 5.41 Å². The molecule has 0 saturated carbocycles. The third-order valence-electron chi connectivity index (χ3n) is 2.89. The monoisotopic (exact) mass is 188 g/mol. The van der Waals surface area contributed by atoms with Crippen molar-refractivity contribution in [2.75, 3.05) is 13.1 Å². The summed E-state index contributed by atoms with van der Waals surface area (Å²) in [7, 11) is 0. The molecule has 1 aliphatic rings. The van der Waals surface area contributed by atoms with E-state index in [2.05, 4.69) is 49.1 Å². The van der Waals surface area contributed by atoms with Crippen molar-refractivity contribution in [2.45, 2.75) is 19.9 Å². The molecule has 1 atom stereocenters. The maximum absolute atomic E-state index is 4.22. The summed E-state index contributed by atoms with van der Waals surface area (Å²) in [6.07, 6.45) is 1.22. The molecule has 0 spiro atoms. The summed E-state index contributed by atoms with van der Waals surface area (Å²) in [5.41, 5.74) is 1.68. The van der Waals surface area contributed by atoms with Crippen molar-refractivity contribution in [3.05, 3.63) is 42.8 Å². The highest BCUT2D eigenvalue weighted by atomic mass is 15.1. The van der Waals surface area contributed by atoms with Crippen LogP contribution in [0.25, 0.3) is 0 Å². The summed E-state index contributed by atoms with van der Waals surface area (Å²) in [5, 5.41) is 0. The fraction of sp³-hybridized carbons (Fsp3) is 0.462. The maximum Gasteiger partial charge on any atom is 0.0233 e. The average molecular weight is 188 g/mol. The Labute approximate surface area is 86.7 Å². The number of nitrogens with zero attached hydrogens (tertiary/aromatic N) is 1. The zero-order valence-electron chi connectivity index (χ0n) is 8.87. The van der Waals surface area contributed by atoms with E-state index in [-0.39, 0.29) is 5.41 Å². The van der Waals surface area contributed by atoms with Crippen LogP contribution in [-0.2, 0) is 6.54 Å². The van der Waals surface area contributed by atoms with Crippen LogP contribution in [0, 0.1) is 12.3 Å². The van der Waals surface area contributed by atoms with Gasteiger partial charge in [0.1, 0.15) is 0 Å². The van der Waals surface area contributed by atoms with Gasteiger partial charge < -0.3 is 0 Å². The highest BCUT2D eigenvalue weighted by Crippen LogP contribution is 2.29. The number of hydrogen-bond donors (Lipinski definition) is 0. The molecule has 1 fully saturated rings. The van der Waals surface area contributed by atoms with Crippen LogP contribution in [0.5, 0.6) is 0 Å². The van der Waals surface area contributed by atoms with Crippen molar-refractivity contribution in [3.63, 3.8) is 0 Å². The normalized spacial score (nSPS) is 21.3. The van der Waals surface area contributed by atoms with Crippen LogP contribution >= 0.6 is 0 Å². The molecule has 0 amide bonds. The molecule has 0 N–H and O–H groups in total. The Morgan fingerprint density at radius 1 is 1.36 bits per heavy atom. The predicted molar refractivity (Wildman–Crippen MR) is 59.8 cm³/mol. The molecule has 75 valence electrons. The first kappa shape index (κ1) is 9.72. The summed E-state index contributed by atoms with van der Waals surface area (Å²) in [6.45, 7) is 9.86. The molecule has 0 bridgehead atoms. The second-order valence-electron chi connectivity index (χ2n) is 4.76. The number of rotatable bonds is 2. The van der Waals surface area contributed by atoms with Gasteiger partial charge in [0, 0.05) is 13.1 Å². The predicted octanol–water partition coefficient (Wildman–Crippen LogP) is 2.73. The van der Waals surface area contributed by atoms with Gasteiger partial charge >= 0.3 is 0 Å². The number of benzene rings is 1. The second kappa shape index (κ2) is 3.74. The molecule has 1 nitrogen and oxygen atoms in total. The van der Waals surface area contributed by atoms with Crippen LogP contribution in [0.3, 0.4) is 0 Å². The van der Waals surface area contributed by atoms with E-state index in [1.165, 1.54) is 18.5 Å². The van der Waals surface area contributed by atoms with Gasteiger partial charge in [-0.05, 0) is 30.9 Å². The Hall–Kier alpha value is -0.820. The van der Waals surface area contributed by atoms with E-state index in [9.17, 15) is 0 Å². The van der Waals surface area contributed by atoms with E-state index in [1.54, 1.807) is 0 Å². The van der Waals surface area contributed by atoms with Gasteiger partial charge in [0.2, 0.25) is 0 Å². The standard InChI is InChI=1S/C13H18N/c1-13(2)8-9-14(11-13)10-12-6-4-3-5-7-12/h3-7H,1,8-11H2,2H3. The van der Waals surface area contributed by atoms with Crippen LogP contribution in [-0.4, -0.2) is 18.0 Å². The maximum atomic E-state index is 4.22. The third-order valence-corrected chi connectivity index (χ3v) is 2.89. The Bertz CT molecular complexity index is 289. The van der Waals surface area contributed by atoms with Crippen molar-refractivity contribution in [3.8, 4) is 0 Å². The van der Waals surface area contributed by atoms with Crippen LogP contribution in [0.15, 0.2) is 30.3 Å². The first-order valence-electron chi connectivity index (χ1n) is 5.27. The minimum absolute atomic E-state index is 0.273. The zero-order chi connectivity index (χ0) is 10.0.